The smallest absolute Gasteiger partial charge is 0.251 e. The van der Waals surface area contributed by atoms with Crippen LogP contribution in [-0.2, 0) is 16.1 Å². The summed E-state index contributed by atoms with van der Waals surface area (Å²) in [6.07, 6.45) is 2.21. The van der Waals surface area contributed by atoms with Crippen molar-refractivity contribution in [2.45, 2.75) is 19.4 Å². The zero-order chi connectivity index (χ0) is 14.8. The molecule has 0 radical (unpaired) electrons. The first-order chi connectivity index (χ1) is 9.63. The van der Waals surface area contributed by atoms with Gasteiger partial charge in [0.15, 0.2) is 0 Å². The van der Waals surface area contributed by atoms with E-state index in [1.807, 2.05) is 25.1 Å². The van der Waals surface area contributed by atoms with Crippen LogP contribution in [0.4, 0.5) is 0 Å². The first kappa shape index (κ1) is 17.0. The SMILES string of the molecule is CCOC(CCNC(=O)c1ccccc1)CN[S+](C)[O-]. The highest BCUT2D eigenvalue weighted by Gasteiger charge is 2.12. The second-order valence-electron chi connectivity index (χ2n) is 4.29. The lowest BCUT2D eigenvalue weighted by atomic mass is 10.2. The number of hydrogen-bond acceptors (Lipinski definition) is 4. The van der Waals surface area contributed by atoms with E-state index in [2.05, 4.69) is 10.0 Å². The van der Waals surface area contributed by atoms with Crippen LogP contribution in [0.2, 0.25) is 0 Å². The fourth-order valence-corrected chi connectivity index (χ4v) is 2.15. The van der Waals surface area contributed by atoms with Gasteiger partial charge in [-0.3, -0.25) is 4.79 Å². The highest BCUT2D eigenvalue weighted by atomic mass is 32.2. The standard InChI is InChI=1S/C14H22N2O3S/c1-3-19-13(11-16-20(2)18)9-10-15-14(17)12-7-5-4-6-8-12/h4-8,13,16H,3,9-11H2,1-2H3,(H,15,17). The third-order valence-corrected chi connectivity index (χ3v) is 3.28. The maximum atomic E-state index is 11.8. The Kier molecular flexibility index (Phi) is 8.29. The van der Waals surface area contributed by atoms with Gasteiger partial charge >= 0.3 is 0 Å². The number of benzene rings is 1. The van der Waals surface area contributed by atoms with Crippen LogP contribution in [0.25, 0.3) is 0 Å². The minimum Gasteiger partial charge on any atom is -0.598 e. The molecule has 20 heavy (non-hydrogen) atoms. The molecular formula is C14H22N2O3S. The molecule has 1 aromatic rings. The third kappa shape index (κ3) is 6.91. The Hall–Kier alpha value is -1.08. The number of rotatable bonds is 9. The Bertz CT molecular complexity index is 387. The minimum absolute atomic E-state index is 0.0556. The van der Waals surface area contributed by atoms with Gasteiger partial charge in [-0.25, -0.2) is 0 Å². The lowest BCUT2D eigenvalue weighted by molar-refractivity contribution is 0.0598. The molecular weight excluding hydrogens is 276 g/mol. The van der Waals surface area contributed by atoms with Crippen LogP contribution in [-0.4, -0.2) is 42.5 Å². The van der Waals surface area contributed by atoms with Crippen LogP contribution in [0, 0.1) is 0 Å². The van der Waals surface area contributed by atoms with Crippen LogP contribution in [0.5, 0.6) is 0 Å². The molecule has 1 rings (SSSR count). The van der Waals surface area contributed by atoms with E-state index < -0.39 is 11.4 Å². The van der Waals surface area contributed by atoms with Gasteiger partial charge in [0, 0.05) is 30.1 Å². The summed E-state index contributed by atoms with van der Waals surface area (Å²) in [6, 6.07) is 9.09. The van der Waals surface area contributed by atoms with E-state index in [4.69, 9.17) is 4.74 Å². The highest BCUT2D eigenvalue weighted by molar-refractivity contribution is 7.88. The lowest BCUT2D eigenvalue weighted by Gasteiger charge is -2.17. The number of nitrogens with one attached hydrogen (secondary N) is 2. The molecule has 0 bridgehead atoms. The molecule has 0 saturated heterocycles. The summed E-state index contributed by atoms with van der Waals surface area (Å²) in [5.41, 5.74) is 0.647. The van der Waals surface area contributed by atoms with Crippen LogP contribution >= 0.6 is 0 Å². The zero-order valence-corrected chi connectivity index (χ0v) is 12.7. The normalized spacial score (nSPS) is 13.8. The van der Waals surface area contributed by atoms with Gasteiger partial charge in [-0.1, -0.05) is 18.2 Å². The summed E-state index contributed by atoms with van der Waals surface area (Å²) in [5, 5.41) is 2.85. The van der Waals surface area contributed by atoms with Crippen molar-refractivity contribution in [2.24, 2.45) is 0 Å². The maximum Gasteiger partial charge on any atom is 0.251 e. The summed E-state index contributed by atoms with van der Waals surface area (Å²) in [7, 11) is 0. The monoisotopic (exact) mass is 298 g/mol. The fourth-order valence-electron chi connectivity index (χ4n) is 1.73. The molecule has 1 amide bonds. The van der Waals surface area contributed by atoms with Gasteiger partial charge in [0.25, 0.3) is 5.91 Å². The third-order valence-electron chi connectivity index (χ3n) is 2.70. The topological polar surface area (TPSA) is 73.4 Å². The average Bonchev–Trinajstić information content (AvgIpc) is 2.45. The first-order valence-corrected chi connectivity index (χ1v) is 8.21. The van der Waals surface area contributed by atoms with Gasteiger partial charge in [-0.15, -0.1) is 4.72 Å². The first-order valence-electron chi connectivity index (χ1n) is 6.65. The van der Waals surface area contributed by atoms with Crippen LogP contribution in [0.3, 0.4) is 0 Å². The second kappa shape index (κ2) is 9.77. The van der Waals surface area contributed by atoms with Crippen molar-refractivity contribution in [2.75, 3.05) is 26.0 Å². The van der Waals surface area contributed by atoms with Crippen molar-refractivity contribution in [1.29, 1.82) is 0 Å². The summed E-state index contributed by atoms with van der Waals surface area (Å²) < 4.78 is 19.4. The van der Waals surface area contributed by atoms with E-state index in [1.165, 1.54) is 0 Å². The molecule has 0 aliphatic rings. The molecule has 1 aromatic carbocycles. The van der Waals surface area contributed by atoms with Gasteiger partial charge in [-0.05, 0) is 25.5 Å². The van der Waals surface area contributed by atoms with Crippen LogP contribution in [0.15, 0.2) is 30.3 Å². The summed E-state index contributed by atoms with van der Waals surface area (Å²) >= 11 is -1.05. The molecule has 0 heterocycles. The van der Waals surface area contributed by atoms with Crippen molar-refractivity contribution < 1.29 is 14.1 Å². The molecule has 0 spiro atoms. The van der Waals surface area contributed by atoms with Crippen molar-refractivity contribution in [3.63, 3.8) is 0 Å². The molecule has 112 valence electrons. The second-order valence-corrected chi connectivity index (χ2v) is 5.49. The van der Waals surface area contributed by atoms with Gasteiger partial charge in [0.1, 0.15) is 6.26 Å². The molecule has 2 atom stereocenters. The van der Waals surface area contributed by atoms with E-state index in [0.29, 0.717) is 31.7 Å². The number of carbonyl (C=O) groups excluding carboxylic acids is 1. The Morgan fingerprint density at radius 1 is 1.40 bits per heavy atom. The van der Waals surface area contributed by atoms with Crippen molar-refractivity contribution in [1.82, 2.24) is 10.0 Å². The Morgan fingerprint density at radius 3 is 2.70 bits per heavy atom. The van der Waals surface area contributed by atoms with Crippen LogP contribution in [0.1, 0.15) is 23.7 Å². The summed E-state index contributed by atoms with van der Waals surface area (Å²) in [4.78, 5) is 11.8. The van der Waals surface area contributed by atoms with Crippen molar-refractivity contribution in [3.05, 3.63) is 35.9 Å². The van der Waals surface area contributed by atoms with Gasteiger partial charge in [0.05, 0.1) is 12.6 Å². The number of ether oxygens (including phenoxy) is 1. The molecule has 0 aliphatic carbocycles. The average molecular weight is 298 g/mol. The zero-order valence-electron chi connectivity index (χ0n) is 11.9. The molecule has 5 nitrogen and oxygen atoms in total. The molecule has 2 unspecified atom stereocenters. The predicted molar refractivity (Wildman–Crippen MR) is 80.9 cm³/mol. The molecule has 0 aliphatic heterocycles. The van der Waals surface area contributed by atoms with Gasteiger partial charge in [-0.2, -0.15) is 0 Å². The van der Waals surface area contributed by atoms with E-state index in [9.17, 15) is 9.35 Å². The minimum atomic E-state index is -1.05. The molecule has 0 aromatic heterocycles. The quantitative estimate of drug-likeness (QED) is 0.670. The van der Waals surface area contributed by atoms with E-state index in [1.54, 1.807) is 18.4 Å². The van der Waals surface area contributed by atoms with Crippen LogP contribution < -0.4 is 10.0 Å². The summed E-state index contributed by atoms with van der Waals surface area (Å²) in [6.45, 7) is 3.54. The van der Waals surface area contributed by atoms with Crippen molar-refractivity contribution in [3.8, 4) is 0 Å². The Labute approximate surface area is 123 Å². The Morgan fingerprint density at radius 2 is 2.10 bits per heavy atom. The largest absolute Gasteiger partial charge is 0.598 e. The van der Waals surface area contributed by atoms with Gasteiger partial charge in [0.2, 0.25) is 0 Å². The van der Waals surface area contributed by atoms with E-state index in [-0.39, 0.29) is 12.0 Å². The highest BCUT2D eigenvalue weighted by Crippen LogP contribution is 2.00. The molecule has 0 saturated carbocycles. The fraction of sp³-hybridized carbons (Fsp3) is 0.500. The molecule has 6 heteroatoms. The predicted octanol–water partition coefficient (Wildman–Crippen LogP) is 1.09. The van der Waals surface area contributed by atoms with E-state index in [0.717, 1.165) is 0 Å². The molecule has 0 fully saturated rings. The number of carbonyl (C=O) groups is 1. The van der Waals surface area contributed by atoms with Crippen molar-refractivity contribution >= 4 is 17.3 Å². The summed E-state index contributed by atoms with van der Waals surface area (Å²) in [5.74, 6) is -0.0899. The van der Waals surface area contributed by atoms with E-state index >= 15 is 0 Å². The maximum absolute atomic E-state index is 11.8. The lowest BCUT2D eigenvalue weighted by Crippen LogP contribution is -2.36. The number of hydrogen-bond donors (Lipinski definition) is 2. The van der Waals surface area contributed by atoms with Gasteiger partial charge < -0.3 is 14.6 Å². The molecule has 2 N–H and O–H groups in total. The Balaban J connectivity index is 2.31. The number of amides is 1.